The van der Waals surface area contributed by atoms with E-state index in [1.54, 1.807) is 30.7 Å². The predicted molar refractivity (Wildman–Crippen MR) is 55.3 cm³/mol. The first-order valence-corrected chi connectivity index (χ1v) is 4.49. The third-order valence-electron chi connectivity index (χ3n) is 1.79. The van der Waals surface area contributed by atoms with Gasteiger partial charge in [0.2, 0.25) is 0 Å². The molecule has 2 rings (SSSR count). The first kappa shape index (κ1) is 10.2. The van der Waals surface area contributed by atoms with Crippen molar-refractivity contribution in [2.75, 3.05) is 0 Å². The van der Waals surface area contributed by atoms with Crippen molar-refractivity contribution in [1.82, 2.24) is 20.6 Å². The minimum Gasteiger partial charge on any atom is -0.334 e. The van der Waals surface area contributed by atoms with Gasteiger partial charge in [-0.05, 0) is 19.1 Å². The standard InChI is InChI=1S/C9H9N5O2/c1-6-13-9(16-14-6)7-3-2-4-10-8(7)11-5-12-15/h2-5,15H,1H3,(H,10,11,12). The van der Waals surface area contributed by atoms with Crippen LogP contribution in [0.4, 0.5) is 5.82 Å². The molecule has 7 heteroatoms. The van der Waals surface area contributed by atoms with Gasteiger partial charge in [0.05, 0.1) is 5.56 Å². The first-order valence-electron chi connectivity index (χ1n) is 4.49. The Bertz CT molecular complexity index is 508. The van der Waals surface area contributed by atoms with Gasteiger partial charge in [-0.2, -0.15) is 4.98 Å². The van der Waals surface area contributed by atoms with Gasteiger partial charge in [-0.15, -0.1) is 0 Å². The van der Waals surface area contributed by atoms with E-state index in [1.807, 2.05) is 0 Å². The molecule has 0 spiro atoms. The van der Waals surface area contributed by atoms with Crippen molar-refractivity contribution in [1.29, 1.82) is 0 Å². The van der Waals surface area contributed by atoms with Gasteiger partial charge >= 0.3 is 0 Å². The van der Waals surface area contributed by atoms with Crippen LogP contribution in [0.2, 0.25) is 0 Å². The van der Waals surface area contributed by atoms with E-state index in [9.17, 15) is 0 Å². The summed E-state index contributed by atoms with van der Waals surface area (Å²) in [6.07, 6.45) is 2.69. The molecule has 0 bridgehead atoms. The Balaban J connectivity index is 2.44. The van der Waals surface area contributed by atoms with Gasteiger partial charge in [0.25, 0.3) is 5.89 Å². The van der Waals surface area contributed by atoms with Gasteiger partial charge in [-0.3, -0.25) is 10.7 Å². The molecule has 0 aromatic carbocycles. The van der Waals surface area contributed by atoms with Crippen LogP contribution in [-0.4, -0.2) is 26.7 Å². The van der Waals surface area contributed by atoms with E-state index in [4.69, 9.17) is 9.73 Å². The zero-order valence-corrected chi connectivity index (χ0v) is 8.45. The van der Waals surface area contributed by atoms with Crippen molar-refractivity contribution in [2.45, 2.75) is 6.92 Å². The topological polar surface area (TPSA) is 96.4 Å². The summed E-state index contributed by atoms with van der Waals surface area (Å²) in [6.45, 7) is 1.72. The van der Waals surface area contributed by atoms with Gasteiger partial charge in [0.1, 0.15) is 6.34 Å². The summed E-state index contributed by atoms with van der Waals surface area (Å²) in [5.41, 5.74) is 2.41. The number of nitrogens with zero attached hydrogens (tertiary/aromatic N) is 4. The number of hydroxylamine groups is 1. The Morgan fingerprint density at radius 3 is 3.12 bits per heavy atom. The molecule has 2 heterocycles. The second-order valence-electron chi connectivity index (χ2n) is 2.91. The zero-order chi connectivity index (χ0) is 11.4. The number of rotatable bonds is 3. The first-order chi connectivity index (χ1) is 7.81. The Hall–Kier alpha value is -2.28. The normalized spacial score (nSPS) is 10.9. The molecule has 7 nitrogen and oxygen atoms in total. The van der Waals surface area contributed by atoms with Crippen LogP contribution >= 0.6 is 0 Å². The summed E-state index contributed by atoms with van der Waals surface area (Å²) in [7, 11) is 0. The molecule has 0 fully saturated rings. The van der Waals surface area contributed by atoms with Gasteiger partial charge < -0.3 is 4.52 Å². The monoisotopic (exact) mass is 219 g/mol. The van der Waals surface area contributed by atoms with Crippen LogP contribution in [0.3, 0.4) is 0 Å². The lowest BCUT2D eigenvalue weighted by atomic mass is 10.2. The van der Waals surface area contributed by atoms with E-state index in [1.165, 1.54) is 0 Å². The molecule has 82 valence electrons. The fraction of sp³-hybridized carbons (Fsp3) is 0.111. The predicted octanol–water partition coefficient (Wildman–Crippen LogP) is 1.08. The smallest absolute Gasteiger partial charge is 0.261 e. The molecule has 0 saturated heterocycles. The van der Waals surface area contributed by atoms with Crippen molar-refractivity contribution in [3.8, 4) is 11.5 Å². The highest BCUT2D eigenvalue weighted by Crippen LogP contribution is 2.25. The lowest BCUT2D eigenvalue weighted by molar-refractivity contribution is 0.240. The van der Waals surface area contributed by atoms with Crippen molar-refractivity contribution in [3.63, 3.8) is 0 Å². The van der Waals surface area contributed by atoms with Crippen LogP contribution in [-0.2, 0) is 0 Å². The van der Waals surface area contributed by atoms with Gasteiger partial charge in [0.15, 0.2) is 11.6 Å². The zero-order valence-electron chi connectivity index (χ0n) is 8.45. The number of aliphatic imine (C=N–C) groups is 1. The fourth-order valence-electron chi connectivity index (χ4n) is 1.16. The van der Waals surface area contributed by atoms with Crippen LogP contribution in [0.1, 0.15) is 5.82 Å². The summed E-state index contributed by atoms with van der Waals surface area (Å²) < 4.78 is 5.01. The quantitative estimate of drug-likeness (QED) is 0.455. The van der Waals surface area contributed by atoms with Crippen LogP contribution in [0.15, 0.2) is 27.8 Å². The van der Waals surface area contributed by atoms with E-state index in [0.29, 0.717) is 23.1 Å². The minimum absolute atomic E-state index is 0.343. The number of hydrogen-bond donors (Lipinski definition) is 2. The summed E-state index contributed by atoms with van der Waals surface area (Å²) in [4.78, 5) is 12.0. The highest BCUT2D eigenvalue weighted by atomic mass is 16.5. The van der Waals surface area contributed by atoms with Crippen molar-refractivity contribution in [3.05, 3.63) is 24.2 Å². The van der Waals surface area contributed by atoms with Crippen molar-refractivity contribution in [2.24, 2.45) is 4.99 Å². The lowest BCUT2D eigenvalue weighted by Gasteiger charge is -1.97. The average molecular weight is 219 g/mol. The molecule has 0 aliphatic carbocycles. The molecule has 0 aliphatic rings. The largest absolute Gasteiger partial charge is 0.334 e. The molecular weight excluding hydrogens is 210 g/mol. The van der Waals surface area contributed by atoms with E-state index in [0.717, 1.165) is 6.34 Å². The van der Waals surface area contributed by atoms with Crippen LogP contribution in [0, 0.1) is 6.92 Å². The second kappa shape index (κ2) is 4.49. The molecule has 0 aliphatic heterocycles. The maximum absolute atomic E-state index is 8.41. The van der Waals surface area contributed by atoms with Crippen LogP contribution in [0.5, 0.6) is 0 Å². The van der Waals surface area contributed by atoms with Gasteiger partial charge in [-0.1, -0.05) is 5.16 Å². The van der Waals surface area contributed by atoms with Gasteiger partial charge in [-0.25, -0.2) is 9.98 Å². The van der Waals surface area contributed by atoms with Crippen LogP contribution < -0.4 is 5.48 Å². The Labute approximate surface area is 90.8 Å². The average Bonchev–Trinajstić information content (AvgIpc) is 2.73. The Kier molecular flexibility index (Phi) is 2.88. The maximum Gasteiger partial charge on any atom is 0.261 e. The molecular formula is C9H9N5O2. The number of pyridine rings is 1. The van der Waals surface area contributed by atoms with E-state index >= 15 is 0 Å². The fourth-order valence-corrected chi connectivity index (χ4v) is 1.16. The molecule has 16 heavy (non-hydrogen) atoms. The molecule has 0 amide bonds. The van der Waals surface area contributed by atoms with Crippen LogP contribution in [0.25, 0.3) is 11.5 Å². The minimum atomic E-state index is 0.343. The van der Waals surface area contributed by atoms with E-state index < -0.39 is 0 Å². The number of hydrogen-bond acceptors (Lipinski definition) is 6. The van der Waals surface area contributed by atoms with Gasteiger partial charge in [0, 0.05) is 6.20 Å². The second-order valence-corrected chi connectivity index (χ2v) is 2.91. The highest BCUT2D eigenvalue weighted by molar-refractivity contribution is 5.70. The molecule has 2 aromatic heterocycles. The lowest BCUT2D eigenvalue weighted by Crippen LogP contribution is -2.01. The summed E-state index contributed by atoms with van der Waals surface area (Å²) >= 11 is 0. The third-order valence-corrected chi connectivity index (χ3v) is 1.79. The SMILES string of the molecule is Cc1noc(-c2cccnc2/N=C/NO)n1. The number of nitrogens with one attached hydrogen (secondary N) is 1. The maximum atomic E-state index is 8.41. The molecule has 2 aromatic rings. The van der Waals surface area contributed by atoms with Crippen molar-refractivity contribution < 1.29 is 9.73 Å². The van der Waals surface area contributed by atoms with Crippen molar-refractivity contribution >= 4 is 12.2 Å². The Morgan fingerprint density at radius 2 is 2.44 bits per heavy atom. The molecule has 0 saturated carbocycles. The number of aromatic nitrogens is 3. The van der Waals surface area contributed by atoms with E-state index in [2.05, 4.69) is 20.1 Å². The number of aryl methyl sites for hydroxylation is 1. The molecule has 0 unspecified atom stereocenters. The summed E-state index contributed by atoms with van der Waals surface area (Å²) in [6, 6.07) is 3.49. The molecule has 0 radical (unpaired) electrons. The molecule has 0 atom stereocenters. The Morgan fingerprint density at radius 1 is 1.56 bits per heavy atom. The summed E-state index contributed by atoms with van der Waals surface area (Å²) in [5.74, 6) is 1.26. The van der Waals surface area contributed by atoms with E-state index in [-0.39, 0.29) is 0 Å². The third kappa shape index (κ3) is 2.04. The molecule has 2 N–H and O–H groups in total. The highest BCUT2D eigenvalue weighted by Gasteiger charge is 2.11. The summed E-state index contributed by atoms with van der Waals surface area (Å²) in [5, 5.41) is 12.1.